The summed E-state index contributed by atoms with van der Waals surface area (Å²) in [6.45, 7) is 2.60. The van der Waals surface area contributed by atoms with Gasteiger partial charge in [0.05, 0.1) is 18.6 Å². The lowest BCUT2D eigenvalue weighted by atomic mass is 10.0. The molecule has 0 atom stereocenters. The largest absolute Gasteiger partial charge is 0.493 e. The van der Waals surface area contributed by atoms with E-state index in [1.807, 2.05) is 13.0 Å². The Bertz CT molecular complexity index is 988. The molecule has 1 aliphatic heterocycles. The second-order valence-corrected chi connectivity index (χ2v) is 8.59. The number of hydrogen-bond acceptors (Lipinski definition) is 5. The second kappa shape index (κ2) is 8.20. The predicted molar refractivity (Wildman–Crippen MR) is 106 cm³/mol. The quantitative estimate of drug-likeness (QED) is 0.767. The van der Waals surface area contributed by atoms with Crippen molar-refractivity contribution in [1.82, 2.24) is 4.31 Å². The fourth-order valence-corrected chi connectivity index (χ4v) is 4.34. The molecule has 2 aromatic rings. The first kappa shape index (κ1) is 20.2. The number of nitrogens with one attached hydrogen (secondary N) is 1. The van der Waals surface area contributed by atoms with Gasteiger partial charge in [-0.2, -0.15) is 4.31 Å². The van der Waals surface area contributed by atoms with E-state index in [9.17, 15) is 13.2 Å². The Morgan fingerprint density at radius 2 is 1.89 bits per heavy atom. The second-order valence-electron chi connectivity index (χ2n) is 6.55. The Balaban J connectivity index is 1.82. The van der Waals surface area contributed by atoms with E-state index < -0.39 is 10.0 Å². The Hall–Kier alpha value is -2.58. The fourth-order valence-electron chi connectivity index (χ4n) is 3.13. The molecule has 28 heavy (non-hydrogen) atoms. The number of ether oxygens (including phenoxy) is 2. The molecule has 1 amide bonds. The number of rotatable bonds is 7. The minimum Gasteiger partial charge on any atom is -0.493 e. The van der Waals surface area contributed by atoms with Gasteiger partial charge in [-0.05, 0) is 54.8 Å². The van der Waals surface area contributed by atoms with Crippen LogP contribution >= 0.6 is 0 Å². The summed E-state index contributed by atoms with van der Waals surface area (Å²) >= 11 is 0. The van der Waals surface area contributed by atoms with Crippen molar-refractivity contribution in [3.05, 3.63) is 47.5 Å². The van der Waals surface area contributed by atoms with Gasteiger partial charge in [-0.1, -0.05) is 6.07 Å². The van der Waals surface area contributed by atoms with Crippen molar-refractivity contribution < 1.29 is 22.7 Å². The lowest BCUT2D eigenvalue weighted by Crippen LogP contribution is -2.27. The van der Waals surface area contributed by atoms with E-state index in [0.29, 0.717) is 36.6 Å². The molecule has 0 bridgehead atoms. The zero-order chi connectivity index (χ0) is 20.3. The molecule has 0 aliphatic carbocycles. The van der Waals surface area contributed by atoms with Gasteiger partial charge in [-0.3, -0.25) is 4.79 Å². The predicted octanol–water partition coefficient (Wildman–Crippen LogP) is 2.80. The molecule has 1 heterocycles. The van der Waals surface area contributed by atoms with Crippen LogP contribution < -0.4 is 14.8 Å². The zero-order valence-corrected chi connectivity index (χ0v) is 17.0. The lowest BCUT2D eigenvalue weighted by molar-refractivity contribution is -0.116. The van der Waals surface area contributed by atoms with Gasteiger partial charge in [-0.15, -0.1) is 0 Å². The maximum Gasteiger partial charge on any atom is 0.243 e. The molecule has 0 unspecified atom stereocenters. The number of methoxy groups -OCH3 is 1. The highest BCUT2D eigenvalue weighted by Crippen LogP contribution is 2.30. The smallest absolute Gasteiger partial charge is 0.243 e. The topological polar surface area (TPSA) is 84.9 Å². The molecule has 0 aromatic heterocycles. The third-order valence-electron chi connectivity index (χ3n) is 4.61. The first-order valence-electron chi connectivity index (χ1n) is 9.04. The van der Waals surface area contributed by atoms with Crippen LogP contribution in [-0.2, 0) is 27.8 Å². The number of carbonyl (C=O) groups excluding carboxylic acids is 1. The molecular formula is C20H24N2O5S. The van der Waals surface area contributed by atoms with E-state index in [-0.39, 0.29) is 17.3 Å². The van der Waals surface area contributed by atoms with Gasteiger partial charge in [0.15, 0.2) is 11.5 Å². The van der Waals surface area contributed by atoms with Crippen molar-refractivity contribution in [2.24, 2.45) is 0 Å². The van der Waals surface area contributed by atoms with Crippen LogP contribution in [0.1, 0.15) is 24.5 Å². The number of carbonyl (C=O) groups is 1. The molecule has 1 N–H and O–H groups in total. The standard InChI is InChI=1S/C20H24N2O5S/c1-4-27-18-9-5-14(11-19(18)26-3)13-22(2)28(24,25)16-7-8-17-15(12-16)6-10-20(23)21-17/h5,7-9,11-12H,4,6,10,13H2,1-3H3,(H,21,23). The van der Waals surface area contributed by atoms with E-state index in [1.54, 1.807) is 38.4 Å². The van der Waals surface area contributed by atoms with Crippen LogP contribution in [0.15, 0.2) is 41.3 Å². The Labute approximate surface area is 165 Å². The van der Waals surface area contributed by atoms with E-state index in [0.717, 1.165) is 11.1 Å². The Morgan fingerprint density at radius 1 is 1.11 bits per heavy atom. The highest BCUT2D eigenvalue weighted by Gasteiger charge is 2.24. The molecule has 1 aliphatic rings. The highest BCUT2D eigenvalue weighted by molar-refractivity contribution is 7.89. The van der Waals surface area contributed by atoms with Gasteiger partial charge in [-0.25, -0.2) is 8.42 Å². The molecule has 0 spiro atoms. The first-order chi connectivity index (χ1) is 13.3. The SMILES string of the molecule is CCOc1ccc(CN(C)S(=O)(=O)c2ccc3c(c2)CCC(=O)N3)cc1OC. The fraction of sp³-hybridized carbons (Fsp3) is 0.350. The van der Waals surface area contributed by atoms with Crippen LogP contribution in [-0.4, -0.2) is 39.4 Å². The third kappa shape index (κ3) is 4.13. The lowest BCUT2D eigenvalue weighted by Gasteiger charge is -2.21. The minimum atomic E-state index is -3.68. The summed E-state index contributed by atoms with van der Waals surface area (Å²) in [7, 11) is -0.585. The normalized spacial score (nSPS) is 13.8. The van der Waals surface area contributed by atoms with Crippen molar-refractivity contribution >= 4 is 21.6 Å². The number of anilines is 1. The van der Waals surface area contributed by atoms with Crippen molar-refractivity contribution in [1.29, 1.82) is 0 Å². The van der Waals surface area contributed by atoms with Gasteiger partial charge < -0.3 is 14.8 Å². The van der Waals surface area contributed by atoms with Crippen molar-refractivity contribution in [2.75, 3.05) is 26.1 Å². The summed E-state index contributed by atoms with van der Waals surface area (Å²) in [5.74, 6) is 1.13. The summed E-state index contributed by atoms with van der Waals surface area (Å²) in [5.41, 5.74) is 2.29. The van der Waals surface area contributed by atoms with Gasteiger partial charge in [0.2, 0.25) is 15.9 Å². The summed E-state index contributed by atoms with van der Waals surface area (Å²) < 4.78 is 38.1. The number of nitrogens with zero attached hydrogens (tertiary/aromatic N) is 1. The molecule has 0 fully saturated rings. The van der Waals surface area contributed by atoms with Crippen LogP contribution in [0.25, 0.3) is 0 Å². The molecule has 7 nitrogen and oxygen atoms in total. The van der Waals surface area contributed by atoms with Gasteiger partial charge in [0.25, 0.3) is 0 Å². The van der Waals surface area contributed by atoms with Gasteiger partial charge in [0, 0.05) is 25.7 Å². The zero-order valence-electron chi connectivity index (χ0n) is 16.2. The van der Waals surface area contributed by atoms with Gasteiger partial charge in [0.1, 0.15) is 0 Å². The molecule has 3 rings (SSSR count). The van der Waals surface area contributed by atoms with E-state index >= 15 is 0 Å². The molecule has 8 heteroatoms. The number of hydrogen-bond donors (Lipinski definition) is 1. The summed E-state index contributed by atoms with van der Waals surface area (Å²) in [6, 6.07) is 10.2. The van der Waals surface area contributed by atoms with Crippen LogP contribution in [0, 0.1) is 0 Å². The maximum atomic E-state index is 13.0. The number of fused-ring (bicyclic) bond motifs is 1. The number of aryl methyl sites for hydroxylation is 1. The molecule has 150 valence electrons. The van der Waals surface area contributed by atoms with E-state index in [1.165, 1.54) is 10.4 Å². The molecule has 0 saturated carbocycles. The van der Waals surface area contributed by atoms with E-state index in [2.05, 4.69) is 5.32 Å². The van der Waals surface area contributed by atoms with Crippen LogP contribution in [0.2, 0.25) is 0 Å². The first-order valence-corrected chi connectivity index (χ1v) is 10.5. The summed E-state index contributed by atoms with van der Waals surface area (Å²) in [5, 5.41) is 2.76. The average Bonchev–Trinajstić information content (AvgIpc) is 2.68. The third-order valence-corrected chi connectivity index (χ3v) is 6.41. The Kier molecular flexibility index (Phi) is 5.90. The molecule has 2 aromatic carbocycles. The van der Waals surface area contributed by atoms with Crippen LogP contribution in [0.4, 0.5) is 5.69 Å². The van der Waals surface area contributed by atoms with E-state index in [4.69, 9.17) is 9.47 Å². The number of sulfonamides is 1. The molecular weight excluding hydrogens is 380 g/mol. The van der Waals surface area contributed by atoms with Crippen molar-refractivity contribution in [2.45, 2.75) is 31.2 Å². The molecule has 0 saturated heterocycles. The van der Waals surface area contributed by atoms with Crippen molar-refractivity contribution in [3.8, 4) is 11.5 Å². The maximum absolute atomic E-state index is 13.0. The van der Waals surface area contributed by atoms with Crippen LogP contribution in [0.5, 0.6) is 11.5 Å². The minimum absolute atomic E-state index is 0.0512. The summed E-state index contributed by atoms with van der Waals surface area (Å²) in [4.78, 5) is 11.7. The van der Waals surface area contributed by atoms with Crippen LogP contribution in [0.3, 0.4) is 0 Å². The number of benzene rings is 2. The molecule has 0 radical (unpaired) electrons. The monoisotopic (exact) mass is 404 g/mol. The van der Waals surface area contributed by atoms with Crippen molar-refractivity contribution in [3.63, 3.8) is 0 Å². The highest BCUT2D eigenvalue weighted by atomic mass is 32.2. The average molecular weight is 404 g/mol. The summed E-state index contributed by atoms with van der Waals surface area (Å²) in [6.07, 6.45) is 0.892. The Morgan fingerprint density at radius 3 is 2.61 bits per heavy atom. The number of amides is 1. The van der Waals surface area contributed by atoms with Gasteiger partial charge >= 0.3 is 0 Å².